The number of Topliss-reactive ketones (excluding diaryl/α,β-unsaturated/α-hetero) is 1. The first kappa shape index (κ1) is 13.1. The predicted octanol–water partition coefficient (Wildman–Crippen LogP) is 2.34. The van der Waals surface area contributed by atoms with Gasteiger partial charge in [-0.25, -0.2) is 0 Å². The van der Waals surface area contributed by atoms with Crippen LogP contribution in [0.4, 0.5) is 0 Å². The first-order chi connectivity index (χ1) is 8.67. The molecule has 0 radical (unpaired) electrons. The first-order valence-electron chi connectivity index (χ1n) is 6.65. The minimum atomic E-state index is 0.191. The second-order valence-corrected chi connectivity index (χ2v) is 4.99. The molecule has 0 heterocycles. The molecule has 1 saturated carbocycles. The molecule has 2 rings (SSSR count). The van der Waals surface area contributed by atoms with E-state index in [-0.39, 0.29) is 5.78 Å². The summed E-state index contributed by atoms with van der Waals surface area (Å²) in [6.45, 7) is 4.76. The Labute approximate surface area is 109 Å². The van der Waals surface area contributed by atoms with Crippen LogP contribution in [0.15, 0.2) is 24.3 Å². The molecule has 0 atom stereocenters. The monoisotopic (exact) mass is 247 g/mol. The summed E-state index contributed by atoms with van der Waals surface area (Å²) < 4.78 is 5.86. The first-order valence-corrected chi connectivity index (χ1v) is 6.65. The molecule has 0 saturated heterocycles. The lowest BCUT2D eigenvalue weighted by molar-refractivity contribution is -0.116. The van der Waals surface area contributed by atoms with Gasteiger partial charge in [-0.05, 0) is 44.0 Å². The molecule has 0 aliphatic heterocycles. The Balaban J connectivity index is 1.79. The van der Waals surface area contributed by atoms with Crippen molar-refractivity contribution >= 4 is 5.78 Å². The van der Waals surface area contributed by atoms with Crippen molar-refractivity contribution in [2.75, 3.05) is 6.54 Å². The van der Waals surface area contributed by atoms with E-state index >= 15 is 0 Å². The zero-order chi connectivity index (χ0) is 13.0. The van der Waals surface area contributed by atoms with E-state index < -0.39 is 0 Å². The van der Waals surface area contributed by atoms with Crippen LogP contribution in [0.5, 0.6) is 5.75 Å². The highest BCUT2D eigenvalue weighted by Crippen LogP contribution is 2.26. The topological polar surface area (TPSA) is 38.3 Å². The van der Waals surface area contributed by atoms with Gasteiger partial charge in [-0.1, -0.05) is 19.1 Å². The van der Waals surface area contributed by atoms with Crippen molar-refractivity contribution < 1.29 is 9.53 Å². The van der Waals surface area contributed by atoms with Crippen molar-refractivity contribution in [3.8, 4) is 5.75 Å². The van der Waals surface area contributed by atoms with Crippen LogP contribution in [-0.4, -0.2) is 24.5 Å². The third kappa shape index (κ3) is 3.57. The van der Waals surface area contributed by atoms with E-state index in [4.69, 9.17) is 4.74 Å². The maximum absolute atomic E-state index is 11.0. The number of carbonyl (C=O) groups is 1. The minimum Gasteiger partial charge on any atom is -0.490 e. The Kier molecular flexibility index (Phi) is 4.37. The molecule has 1 fully saturated rings. The molecule has 1 aromatic carbocycles. The van der Waals surface area contributed by atoms with Gasteiger partial charge < -0.3 is 10.1 Å². The van der Waals surface area contributed by atoms with Gasteiger partial charge in [0.05, 0.1) is 0 Å². The number of carbonyl (C=O) groups excluding carboxylic acids is 1. The molecule has 0 aromatic heterocycles. The SMILES string of the molecule is CCNC1CC(Oc2ccc(CC(C)=O)cc2)C1. The van der Waals surface area contributed by atoms with Crippen LogP contribution < -0.4 is 10.1 Å². The Hall–Kier alpha value is -1.35. The second kappa shape index (κ2) is 6.01. The van der Waals surface area contributed by atoms with E-state index in [1.165, 1.54) is 0 Å². The molecule has 1 aliphatic carbocycles. The van der Waals surface area contributed by atoms with E-state index in [1.54, 1.807) is 6.92 Å². The summed E-state index contributed by atoms with van der Waals surface area (Å²) in [6, 6.07) is 8.48. The Morgan fingerprint density at radius 1 is 1.33 bits per heavy atom. The Morgan fingerprint density at radius 2 is 2.00 bits per heavy atom. The summed E-state index contributed by atoms with van der Waals surface area (Å²) in [7, 11) is 0. The van der Waals surface area contributed by atoms with Crippen LogP contribution in [0.2, 0.25) is 0 Å². The number of ketones is 1. The van der Waals surface area contributed by atoms with Crippen LogP contribution in [-0.2, 0) is 11.2 Å². The minimum absolute atomic E-state index is 0.191. The lowest BCUT2D eigenvalue weighted by atomic mass is 9.89. The smallest absolute Gasteiger partial charge is 0.134 e. The average molecular weight is 247 g/mol. The Morgan fingerprint density at radius 3 is 2.56 bits per heavy atom. The summed E-state index contributed by atoms with van der Waals surface area (Å²) in [5, 5.41) is 3.41. The lowest BCUT2D eigenvalue weighted by Crippen LogP contribution is -2.46. The largest absolute Gasteiger partial charge is 0.490 e. The molecular formula is C15H21NO2. The van der Waals surface area contributed by atoms with Crippen LogP contribution in [0.25, 0.3) is 0 Å². The number of rotatable bonds is 6. The number of hydrogen-bond acceptors (Lipinski definition) is 3. The fourth-order valence-electron chi connectivity index (χ4n) is 2.28. The van der Waals surface area contributed by atoms with E-state index in [9.17, 15) is 4.79 Å². The van der Waals surface area contributed by atoms with Crippen molar-refractivity contribution in [2.45, 2.75) is 45.3 Å². The van der Waals surface area contributed by atoms with Gasteiger partial charge in [-0.15, -0.1) is 0 Å². The average Bonchev–Trinajstić information content (AvgIpc) is 2.28. The van der Waals surface area contributed by atoms with E-state index in [0.717, 1.165) is 30.7 Å². The number of hydrogen-bond donors (Lipinski definition) is 1. The summed E-state index contributed by atoms with van der Waals surface area (Å²) in [6.07, 6.45) is 3.02. The fraction of sp³-hybridized carbons (Fsp3) is 0.533. The summed E-state index contributed by atoms with van der Waals surface area (Å²) in [4.78, 5) is 11.0. The van der Waals surface area contributed by atoms with Crippen LogP contribution >= 0.6 is 0 Å². The third-order valence-corrected chi connectivity index (χ3v) is 3.27. The van der Waals surface area contributed by atoms with Crippen molar-refractivity contribution in [2.24, 2.45) is 0 Å². The van der Waals surface area contributed by atoms with E-state index in [1.807, 2.05) is 24.3 Å². The molecule has 18 heavy (non-hydrogen) atoms. The predicted molar refractivity (Wildman–Crippen MR) is 71.9 cm³/mol. The number of ether oxygens (including phenoxy) is 1. The molecule has 3 nitrogen and oxygen atoms in total. The number of benzene rings is 1. The third-order valence-electron chi connectivity index (χ3n) is 3.27. The molecule has 98 valence electrons. The molecule has 0 unspecified atom stereocenters. The zero-order valence-corrected chi connectivity index (χ0v) is 11.1. The normalized spacial score (nSPS) is 22.3. The molecular weight excluding hydrogens is 226 g/mol. The van der Waals surface area contributed by atoms with Gasteiger partial charge in [0, 0.05) is 12.5 Å². The Bertz CT molecular complexity index is 393. The molecule has 1 N–H and O–H groups in total. The highest BCUT2D eigenvalue weighted by atomic mass is 16.5. The van der Waals surface area contributed by atoms with Gasteiger partial charge in [0.15, 0.2) is 0 Å². The van der Waals surface area contributed by atoms with E-state index in [2.05, 4.69) is 12.2 Å². The van der Waals surface area contributed by atoms with Gasteiger partial charge in [0.25, 0.3) is 0 Å². The standard InChI is InChI=1S/C15H21NO2/c1-3-16-13-9-15(10-13)18-14-6-4-12(5-7-14)8-11(2)17/h4-7,13,15-16H,3,8-10H2,1-2H3. The van der Waals surface area contributed by atoms with Crippen LogP contribution in [0.3, 0.4) is 0 Å². The van der Waals surface area contributed by atoms with Crippen molar-refractivity contribution in [1.29, 1.82) is 0 Å². The molecule has 0 spiro atoms. The van der Waals surface area contributed by atoms with Gasteiger partial charge in [0.2, 0.25) is 0 Å². The maximum atomic E-state index is 11.0. The maximum Gasteiger partial charge on any atom is 0.134 e. The van der Waals surface area contributed by atoms with Gasteiger partial charge in [-0.3, -0.25) is 4.79 Å². The van der Waals surface area contributed by atoms with Crippen molar-refractivity contribution in [3.63, 3.8) is 0 Å². The van der Waals surface area contributed by atoms with E-state index in [0.29, 0.717) is 18.6 Å². The fourth-order valence-corrected chi connectivity index (χ4v) is 2.28. The van der Waals surface area contributed by atoms with Crippen molar-refractivity contribution in [1.82, 2.24) is 5.32 Å². The van der Waals surface area contributed by atoms with Crippen molar-refractivity contribution in [3.05, 3.63) is 29.8 Å². The summed E-state index contributed by atoms with van der Waals surface area (Å²) in [5.74, 6) is 1.10. The second-order valence-electron chi connectivity index (χ2n) is 4.99. The lowest BCUT2D eigenvalue weighted by Gasteiger charge is -2.35. The molecule has 1 aliphatic rings. The summed E-state index contributed by atoms with van der Waals surface area (Å²) >= 11 is 0. The highest BCUT2D eigenvalue weighted by Gasteiger charge is 2.29. The van der Waals surface area contributed by atoms with Gasteiger partial charge >= 0.3 is 0 Å². The van der Waals surface area contributed by atoms with Gasteiger partial charge in [-0.2, -0.15) is 0 Å². The molecule has 0 bridgehead atoms. The molecule has 3 heteroatoms. The van der Waals surface area contributed by atoms with Crippen LogP contribution in [0, 0.1) is 0 Å². The van der Waals surface area contributed by atoms with Gasteiger partial charge in [0.1, 0.15) is 17.6 Å². The van der Waals surface area contributed by atoms with Crippen LogP contribution in [0.1, 0.15) is 32.3 Å². The number of nitrogens with one attached hydrogen (secondary N) is 1. The molecule has 1 aromatic rings. The quantitative estimate of drug-likeness (QED) is 0.838. The highest BCUT2D eigenvalue weighted by molar-refractivity contribution is 5.78. The molecule has 0 amide bonds. The zero-order valence-electron chi connectivity index (χ0n) is 11.1. The summed E-state index contributed by atoms with van der Waals surface area (Å²) in [5.41, 5.74) is 1.05.